The van der Waals surface area contributed by atoms with Gasteiger partial charge in [0.2, 0.25) is 0 Å². The van der Waals surface area contributed by atoms with Crippen LogP contribution in [-0.4, -0.2) is 5.11 Å². The molecule has 0 bridgehead atoms. The number of rotatable bonds is 3. The Labute approximate surface area is 131 Å². The highest BCUT2D eigenvalue weighted by Gasteiger charge is 2.14. The summed E-state index contributed by atoms with van der Waals surface area (Å²) in [5, 5.41) is 11.5. The summed E-state index contributed by atoms with van der Waals surface area (Å²) in [6.07, 6.45) is -0.233. The van der Waals surface area contributed by atoms with Crippen molar-refractivity contribution in [3.05, 3.63) is 67.6 Å². The molecule has 0 aromatic heterocycles. The third-order valence-electron chi connectivity index (χ3n) is 3.04. The standard InChI is InChI=1S/C15H13BrCl2O/c1-9-5-6-10(7-12(9)16)15(19)8-11-13(17)3-2-4-14(11)18/h2-7,15,19H,8H2,1H3. The second kappa shape index (κ2) is 6.27. The van der Waals surface area contributed by atoms with E-state index in [-0.39, 0.29) is 0 Å². The summed E-state index contributed by atoms with van der Waals surface area (Å²) in [5.41, 5.74) is 2.75. The third-order valence-corrected chi connectivity index (χ3v) is 4.60. The van der Waals surface area contributed by atoms with Gasteiger partial charge in [-0.25, -0.2) is 0 Å². The van der Waals surface area contributed by atoms with Gasteiger partial charge in [-0.1, -0.05) is 57.3 Å². The molecule has 0 fully saturated rings. The van der Waals surface area contributed by atoms with Gasteiger partial charge in [-0.05, 0) is 41.8 Å². The van der Waals surface area contributed by atoms with Gasteiger partial charge in [0.15, 0.2) is 0 Å². The molecule has 19 heavy (non-hydrogen) atoms. The molecule has 4 heteroatoms. The van der Waals surface area contributed by atoms with Crippen LogP contribution in [0, 0.1) is 6.92 Å². The lowest BCUT2D eigenvalue weighted by Crippen LogP contribution is -2.03. The summed E-state index contributed by atoms with van der Waals surface area (Å²) in [4.78, 5) is 0. The topological polar surface area (TPSA) is 20.2 Å². The monoisotopic (exact) mass is 358 g/mol. The number of benzene rings is 2. The summed E-state index contributed by atoms with van der Waals surface area (Å²) in [6, 6.07) is 11.2. The van der Waals surface area contributed by atoms with Gasteiger partial charge in [0.25, 0.3) is 0 Å². The van der Waals surface area contributed by atoms with Crippen molar-refractivity contribution >= 4 is 39.1 Å². The summed E-state index contributed by atoms with van der Waals surface area (Å²) in [7, 11) is 0. The van der Waals surface area contributed by atoms with E-state index in [0.29, 0.717) is 16.5 Å². The fraction of sp³-hybridized carbons (Fsp3) is 0.200. The highest BCUT2D eigenvalue weighted by molar-refractivity contribution is 9.10. The predicted molar refractivity (Wildman–Crippen MR) is 84.0 cm³/mol. The number of halogens is 3. The molecule has 0 aliphatic rings. The average molecular weight is 360 g/mol. The van der Waals surface area contributed by atoms with Crippen molar-refractivity contribution in [3.63, 3.8) is 0 Å². The van der Waals surface area contributed by atoms with E-state index in [1.165, 1.54) is 0 Å². The molecule has 0 saturated heterocycles. The van der Waals surface area contributed by atoms with Crippen LogP contribution in [0.4, 0.5) is 0 Å². The van der Waals surface area contributed by atoms with Crippen LogP contribution in [0.25, 0.3) is 0 Å². The Bertz CT molecular complexity index is 578. The fourth-order valence-electron chi connectivity index (χ4n) is 1.85. The Hall–Kier alpha value is -0.540. The van der Waals surface area contributed by atoms with Crippen molar-refractivity contribution in [2.24, 2.45) is 0 Å². The van der Waals surface area contributed by atoms with E-state index in [0.717, 1.165) is 21.2 Å². The Morgan fingerprint density at radius 3 is 2.37 bits per heavy atom. The van der Waals surface area contributed by atoms with Crippen LogP contribution >= 0.6 is 39.1 Å². The SMILES string of the molecule is Cc1ccc(C(O)Cc2c(Cl)cccc2Cl)cc1Br. The molecule has 1 N–H and O–H groups in total. The molecule has 2 rings (SSSR count). The summed E-state index contributed by atoms with van der Waals surface area (Å²) >= 11 is 15.7. The van der Waals surface area contributed by atoms with Crippen LogP contribution in [0.1, 0.15) is 22.8 Å². The number of hydrogen-bond acceptors (Lipinski definition) is 1. The Morgan fingerprint density at radius 1 is 1.16 bits per heavy atom. The van der Waals surface area contributed by atoms with Crippen LogP contribution in [0.3, 0.4) is 0 Å². The van der Waals surface area contributed by atoms with Crippen LogP contribution < -0.4 is 0 Å². The number of aliphatic hydroxyl groups excluding tert-OH is 1. The fourth-order valence-corrected chi connectivity index (χ4v) is 2.80. The van der Waals surface area contributed by atoms with Gasteiger partial charge >= 0.3 is 0 Å². The maximum Gasteiger partial charge on any atom is 0.0831 e. The van der Waals surface area contributed by atoms with Crippen LogP contribution in [0.2, 0.25) is 10.0 Å². The zero-order valence-corrected chi connectivity index (χ0v) is 13.4. The maximum absolute atomic E-state index is 10.3. The average Bonchev–Trinajstić information content (AvgIpc) is 2.37. The minimum absolute atomic E-state index is 0.397. The Morgan fingerprint density at radius 2 is 1.79 bits per heavy atom. The van der Waals surface area contributed by atoms with Crippen molar-refractivity contribution in [1.82, 2.24) is 0 Å². The lowest BCUT2D eigenvalue weighted by molar-refractivity contribution is 0.178. The van der Waals surface area contributed by atoms with E-state index >= 15 is 0 Å². The molecule has 100 valence electrons. The molecule has 2 aromatic carbocycles. The van der Waals surface area contributed by atoms with E-state index in [2.05, 4.69) is 15.9 Å². The van der Waals surface area contributed by atoms with Gasteiger partial charge in [0.1, 0.15) is 0 Å². The lowest BCUT2D eigenvalue weighted by atomic mass is 10.0. The van der Waals surface area contributed by atoms with E-state index in [1.807, 2.05) is 25.1 Å². The Kier molecular flexibility index (Phi) is 4.91. The van der Waals surface area contributed by atoms with Gasteiger partial charge in [0, 0.05) is 20.9 Å². The highest BCUT2D eigenvalue weighted by Crippen LogP contribution is 2.30. The summed E-state index contributed by atoms with van der Waals surface area (Å²) < 4.78 is 0.981. The maximum atomic E-state index is 10.3. The zero-order chi connectivity index (χ0) is 14.0. The first-order valence-corrected chi connectivity index (χ1v) is 7.41. The first-order valence-electron chi connectivity index (χ1n) is 5.86. The van der Waals surface area contributed by atoms with Crippen molar-refractivity contribution in [3.8, 4) is 0 Å². The molecule has 0 radical (unpaired) electrons. The molecule has 1 nitrogen and oxygen atoms in total. The molecule has 0 aliphatic heterocycles. The molecule has 0 heterocycles. The molecule has 1 atom stereocenters. The minimum Gasteiger partial charge on any atom is -0.388 e. The van der Waals surface area contributed by atoms with E-state index in [9.17, 15) is 5.11 Å². The van der Waals surface area contributed by atoms with Crippen molar-refractivity contribution in [2.75, 3.05) is 0 Å². The van der Waals surface area contributed by atoms with Gasteiger partial charge in [0.05, 0.1) is 6.10 Å². The van der Waals surface area contributed by atoms with Gasteiger partial charge < -0.3 is 5.11 Å². The van der Waals surface area contributed by atoms with Crippen LogP contribution in [-0.2, 0) is 6.42 Å². The van der Waals surface area contributed by atoms with E-state index < -0.39 is 6.10 Å². The molecule has 0 aliphatic carbocycles. The van der Waals surface area contributed by atoms with Crippen molar-refractivity contribution in [2.45, 2.75) is 19.4 Å². The predicted octanol–water partition coefficient (Wildman–Crippen LogP) is 5.34. The van der Waals surface area contributed by atoms with Gasteiger partial charge in [-0.3, -0.25) is 0 Å². The quantitative estimate of drug-likeness (QED) is 0.784. The van der Waals surface area contributed by atoms with Crippen molar-refractivity contribution in [1.29, 1.82) is 0 Å². The third kappa shape index (κ3) is 3.51. The highest BCUT2D eigenvalue weighted by atomic mass is 79.9. The first-order chi connectivity index (χ1) is 8.99. The van der Waals surface area contributed by atoms with Gasteiger partial charge in [-0.15, -0.1) is 0 Å². The largest absolute Gasteiger partial charge is 0.388 e. The Balaban J connectivity index is 2.25. The molecule has 0 saturated carbocycles. The van der Waals surface area contributed by atoms with Crippen molar-refractivity contribution < 1.29 is 5.11 Å². The molecule has 1 unspecified atom stereocenters. The molecular weight excluding hydrogens is 347 g/mol. The minimum atomic E-state index is -0.630. The number of aliphatic hydroxyl groups is 1. The summed E-state index contributed by atoms with van der Waals surface area (Å²) in [5.74, 6) is 0. The normalized spacial score (nSPS) is 12.5. The lowest BCUT2D eigenvalue weighted by Gasteiger charge is -2.14. The second-order valence-electron chi connectivity index (χ2n) is 4.43. The molecular formula is C15H13BrCl2O. The van der Waals surface area contributed by atoms with Crippen LogP contribution in [0.5, 0.6) is 0 Å². The molecule has 2 aromatic rings. The zero-order valence-electron chi connectivity index (χ0n) is 10.3. The molecule has 0 spiro atoms. The van der Waals surface area contributed by atoms with Gasteiger partial charge in [-0.2, -0.15) is 0 Å². The molecule has 0 amide bonds. The second-order valence-corrected chi connectivity index (χ2v) is 6.10. The number of aryl methyl sites for hydroxylation is 1. The smallest absolute Gasteiger partial charge is 0.0831 e. The summed E-state index contributed by atoms with van der Waals surface area (Å²) in [6.45, 7) is 2.01. The first kappa shape index (κ1) is 14.9. The van der Waals surface area contributed by atoms with E-state index in [1.54, 1.807) is 18.2 Å². The van der Waals surface area contributed by atoms with E-state index in [4.69, 9.17) is 23.2 Å². The van der Waals surface area contributed by atoms with Crippen LogP contribution in [0.15, 0.2) is 40.9 Å². The number of hydrogen-bond donors (Lipinski definition) is 1.